The predicted molar refractivity (Wildman–Crippen MR) is 94.6 cm³/mol. The Morgan fingerprint density at radius 3 is 2.65 bits per heavy atom. The molecule has 0 bridgehead atoms. The molecule has 1 aliphatic rings. The van der Waals surface area contributed by atoms with Gasteiger partial charge in [-0.2, -0.15) is 0 Å². The van der Waals surface area contributed by atoms with Gasteiger partial charge in [-0.3, -0.25) is 0 Å². The first kappa shape index (κ1) is 16.1. The predicted octanol–water partition coefficient (Wildman–Crippen LogP) is 5.31. The van der Waals surface area contributed by atoms with Gasteiger partial charge in [-0.15, -0.1) is 0 Å². The Hall–Kier alpha value is -1.77. The molecule has 0 spiro atoms. The first-order valence-electron chi connectivity index (χ1n) is 7.40. The average molecular weight is 347 g/mol. The van der Waals surface area contributed by atoms with Crippen LogP contribution in [0.25, 0.3) is 6.08 Å². The zero-order valence-corrected chi connectivity index (χ0v) is 14.2. The number of hydrogen-bond donors (Lipinski definition) is 0. The summed E-state index contributed by atoms with van der Waals surface area (Å²) in [4.78, 5) is 11.7. The van der Waals surface area contributed by atoms with Gasteiger partial charge in [-0.1, -0.05) is 53.1 Å². The van der Waals surface area contributed by atoms with E-state index in [0.717, 1.165) is 47.1 Å². The lowest BCUT2D eigenvalue weighted by molar-refractivity contribution is -0.108. The average Bonchev–Trinajstić information content (AvgIpc) is 2.57. The second-order valence-electron chi connectivity index (χ2n) is 5.53. The maximum atomic E-state index is 11.7. The number of methoxy groups -OCH3 is 1. The van der Waals surface area contributed by atoms with E-state index >= 15 is 0 Å². The number of ether oxygens (including phenoxy) is 1. The zero-order valence-electron chi connectivity index (χ0n) is 12.7. The van der Waals surface area contributed by atoms with Gasteiger partial charge in [-0.05, 0) is 47.7 Å². The lowest BCUT2D eigenvalue weighted by Crippen LogP contribution is -2.15. The summed E-state index contributed by atoms with van der Waals surface area (Å²) in [5.74, 6) is 0.603. The summed E-state index contributed by atoms with van der Waals surface area (Å²) < 4.78 is 5.42. The second-order valence-corrected chi connectivity index (χ2v) is 6.35. The Bertz CT molecular complexity index is 781. The van der Waals surface area contributed by atoms with Gasteiger partial charge >= 0.3 is 0 Å². The number of benzene rings is 2. The van der Waals surface area contributed by atoms with Crippen molar-refractivity contribution in [2.45, 2.75) is 18.8 Å². The molecule has 3 rings (SSSR count). The molecule has 0 heterocycles. The monoisotopic (exact) mass is 346 g/mol. The molecule has 0 saturated carbocycles. The van der Waals surface area contributed by atoms with Crippen molar-refractivity contribution in [2.75, 3.05) is 7.11 Å². The highest BCUT2D eigenvalue weighted by Gasteiger charge is 2.26. The third-order valence-corrected chi connectivity index (χ3v) is 4.96. The van der Waals surface area contributed by atoms with Crippen LogP contribution in [0.3, 0.4) is 0 Å². The van der Waals surface area contributed by atoms with Gasteiger partial charge in [0.2, 0.25) is 0 Å². The van der Waals surface area contributed by atoms with Crippen molar-refractivity contribution in [1.82, 2.24) is 0 Å². The molecule has 23 heavy (non-hydrogen) atoms. The van der Waals surface area contributed by atoms with Gasteiger partial charge in [0.1, 0.15) is 12.0 Å². The fourth-order valence-corrected chi connectivity index (χ4v) is 3.40. The molecule has 1 atom stereocenters. The van der Waals surface area contributed by atoms with Gasteiger partial charge in [0.05, 0.1) is 23.1 Å². The van der Waals surface area contributed by atoms with E-state index in [1.54, 1.807) is 13.2 Å². The van der Waals surface area contributed by atoms with Crippen LogP contribution >= 0.6 is 23.2 Å². The zero-order chi connectivity index (χ0) is 16.4. The molecule has 0 fully saturated rings. The fourth-order valence-electron chi connectivity index (χ4n) is 3.10. The molecular formula is C19H16Cl2O2. The molecule has 4 heteroatoms. The quantitative estimate of drug-likeness (QED) is 0.703. The Morgan fingerprint density at radius 1 is 1.13 bits per heavy atom. The van der Waals surface area contributed by atoms with Crippen LogP contribution in [-0.4, -0.2) is 13.4 Å². The van der Waals surface area contributed by atoms with Crippen molar-refractivity contribution in [3.05, 3.63) is 68.7 Å². The fraction of sp³-hybridized carbons (Fsp3) is 0.211. The number of rotatable bonds is 3. The van der Waals surface area contributed by atoms with Crippen LogP contribution in [0.1, 0.15) is 29.0 Å². The molecule has 2 aromatic rings. The van der Waals surface area contributed by atoms with Gasteiger partial charge in [0, 0.05) is 0 Å². The summed E-state index contributed by atoms with van der Waals surface area (Å²) in [5.41, 5.74) is 4.18. The SMILES string of the molecule is COc1cccc2c1CCC(=Cc1ccc(Cl)c(Cl)c1)C2C=O. The number of aldehydes is 1. The highest BCUT2D eigenvalue weighted by atomic mass is 35.5. The Balaban J connectivity index is 2.02. The smallest absolute Gasteiger partial charge is 0.131 e. The number of fused-ring (bicyclic) bond motifs is 1. The molecule has 0 aliphatic heterocycles. The molecule has 2 nitrogen and oxygen atoms in total. The third-order valence-electron chi connectivity index (χ3n) is 4.22. The van der Waals surface area contributed by atoms with Crippen molar-refractivity contribution >= 4 is 35.6 Å². The molecule has 0 N–H and O–H groups in total. The van der Waals surface area contributed by atoms with E-state index < -0.39 is 0 Å². The lowest BCUT2D eigenvalue weighted by Gasteiger charge is -2.26. The summed E-state index contributed by atoms with van der Waals surface area (Å²) in [5, 5.41) is 1.04. The van der Waals surface area contributed by atoms with Crippen molar-refractivity contribution in [1.29, 1.82) is 0 Å². The molecule has 0 aromatic heterocycles. The van der Waals surface area contributed by atoms with E-state index in [9.17, 15) is 4.79 Å². The molecule has 2 aromatic carbocycles. The molecular weight excluding hydrogens is 331 g/mol. The molecule has 0 saturated heterocycles. The van der Waals surface area contributed by atoms with Crippen LogP contribution < -0.4 is 4.74 Å². The maximum absolute atomic E-state index is 11.7. The maximum Gasteiger partial charge on any atom is 0.131 e. The van der Waals surface area contributed by atoms with Crippen molar-refractivity contribution < 1.29 is 9.53 Å². The van der Waals surface area contributed by atoms with E-state index in [2.05, 4.69) is 0 Å². The Labute approximate surface area is 145 Å². The lowest BCUT2D eigenvalue weighted by atomic mass is 9.79. The highest BCUT2D eigenvalue weighted by molar-refractivity contribution is 6.42. The van der Waals surface area contributed by atoms with Gasteiger partial charge < -0.3 is 9.53 Å². The minimum atomic E-state index is -0.247. The van der Waals surface area contributed by atoms with Crippen LogP contribution in [0.2, 0.25) is 10.0 Å². The van der Waals surface area contributed by atoms with Crippen LogP contribution in [0.4, 0.5) is 0 Å². The van der Waals surface area contributed by atoms with Crippen LogP contribution in [0.5, 0.6) is 5.75 Å². The minimum absolute atomic E-state index is 0.247. The summed E-state index contributed by atoms with van der Waals surface area (Å²) in [6.07, 6.45) is 4.71. The van der Waals surface area contributed by atoms with E-state index in [1.807, 2.05) is 36.4 Å². The van der Waals surface area contributed by atoms with Crippen molar-refractivity contribution in [2.24, 2.45) is 0 Å². The summed E-state index contributed by atoms with van der Waals surface area (Å²) in [6.45, 7) is 0. The van der Waals surface area contributed by atoms with Crippen molar-refractivity contribution in [3.8, 4) is 5.75 Å². The third kappa shape index (κ3) is 3.15. The number of halogens is 2. The Kier molecular flexibility index (Phi) is 4.74. The van der Waals surface area contributed by atoms with Crippen LogP contribution in [0, 0.1) is 0 Å². The standard InChI is InChI=1S/C19H16Cl2O2/c1-23-19-4-2-3-14-15(19)7-6-13(16(14)11-22)9-12-5-8-17(20)18(21)10-12/h2-5,8-11,16H,6-7H2,1H3. The summed E-state index contributed by atoms with van der Waals surface area (Å²) in [7, 11) is 1.66. The minimum Gasteiger partial charge on any atom is -0.496 e. The van der Waals surface area contributed by atoms with Gasteiger partial charge in [-0.25, -0.2) is 0 Å². The molecule has 0 radical (unpaired) electrons. The number of hydrogen-bond acceptors (Lipinski definition) is 2. The van der Waals surface area contributed by atoms with E-state index in [4.69, 9.17) is 27.9 Å². The van der Waals surface area contributed by atoms with Crippen LogP contribution in [-0.2, 0) is 11.2 Å². The topological polar surface area (TPSA) is 26.3 Å². The first-order valence-corrected chi connectivity index (χ1v) is 8.16. The van der Waals surface area contributed by atoms with E-state index in [0.29, 0.717) is 10.0 Å². The highest BCUT2D eigenvalue weighted by Crippen LogP contribution is 2.39. The number of carbonyl (C=O) groups is 1. The molecule has 1 aliphatic carbocycles. The molecule has 0 amide bonds. The Morgan fingerprint density at radius 2 is 1.96 bits per heavy atom. The first-order chi connectivity index (χ1) is 11.1. The van der Waals surface area contributed by atoms with E-state index in [1.165, 1.54) is 0 Å². The summed E-state index contributed by atoms with van der Waals surface area (Å²) >= 11 is 12.0. The largest absolute Gasteiger partial charge is 0.496 e. The van der Waals surface area contributed by atoms with Crippen LogP contribution in [0.15, 0.2) is 42.0 Å². The normalized spacial score (nSPS) is 18.6. The summed E-state index contributed by atoms with van der Waals surface area (Å²) in [6, 6.07) is 11.4. The van der Waals surface area contributed by atoms with Crippen molar-refractivity contribution in [3.63, 3.8) is 0 Å². The molecule has 118 valence electrons. The number of allylic oxidation sites excluding steroid dienone is 1. The van der Waals surface area contributed by atoms with Gasteiger partial charge in [0.15, 0.2) is 0 Å². The molecule has 1 unspecified atom stereocenters. The second kappa shape index (κ2) is 6.77. The number of carbonyl (C=O) groups excluding carboxylic acids is 1. The van der Waals surface area contributed by atoms with Gasteiger partial charge in [0.25, 0.3) is 0 Å². The van der Waals surface area contributed by atoms with E-state index in [-0.39, 0.29) is 5.92 Å².